The van der Waals surface area contributed by atoms with Crippen LogP contribution in [-0.4, -0.2) is 36.5 Å². The highest BCUT2D eigenvalue weighted by molar-refractivity contribution is 6.33. The molecule has 0 radical (unpaired) electrons. The van der Waals surface area contributed by atoms with Crippen LogP contribution in [0.15, 0.2) is 36.4 Å². The first-order valence-corrected chi connectivity index (χ1v) is 8.98. The van der Waals surface area contributed by atoms with Crippen LogP contribution in [-0.2, 0) is 22.5 Å². The Morgan fingerprint density at radius 3 is 2.63 bits per heavy atom. The van der Waals surface area contributed by atoms with Crippen molar-refractivity contribution in [2.24, 2.45) is 0 Å². The van der Waals surface area contributed by atoms with Crippen molar-refractivity contribution in [3.63, 3.8) is 0 Å². The molecule has 27 heavy (non-hydrogen) atoms. The highest BCUT2D eigenvalue weighted by Crippen LogP contribution is 2.29. The summed E-state index contributed by atoms with van der Waals surface area (Å²) in [6.45, 7) is 2.66. The Morgan fingerprint density at radius 2 is 1.93 bits per heavy atom. The number of halogens is 1. The van der Waals surface area contributed by atoms with Gasteiger partial charge in [-0.2, -0.15) is 0 Å². The number of methoxy groups -OCH3 is 1. The van der Waals surface area contributed by atoms with Crippen LogP contribution < -0.4 is 10.5 Å². The van der Waals surface area contributed by atoms with Gasteiger partial charge in [0.25, 0.3) is 5.91 Å². The first-order chi connectivity index (χ1) is 12.9. The summed E-state index contributed by atoms with van der Waals surface area (Å²) in [6, 6.07) is 10.9. The predicted octanol–water partition coefficient (Wildman–Crippen LogP) is 3.06. The number of hydrogen-bond donors (Lipinski definition) is 1. The molecule has 3 rings (SSSR count). The van der Waals surface area contributed by atoms with E-state index in [4.69, 9.17) is 26.8 Å². The Labute approximate surface area is 162 Å². The van der Waals surface area contributed by atoms with Crippen molar-refractivity contribution in [1.29, 1.82) is 0 Å². The molecule has 0 saturated heterocycles. The third kappa shape index (κ3) is 4.01. The predicted molar refractivity (Wildman–Crippen MR) is 103 cm³/mol. The Bertz CT molecular complexity index is 884. The molecule has 2 aromatic rings. The molecule has 1 atom stereocenters. The second kappa shape index (κ2) is 7.88. The zero-order valence-corrected chi connectivity index (χ0v) is 16.0. The summed E-state index contributed by atoms with van der Waals surface area (Å²) in [5.74, 6) is -0.682. The molecule has 1 unspecified atom stereocenters. The standard InChI is InChI=1S/C20H21ClN2O4/c1-12(19(24)23-8-7-13-5-3-4-6-14(13)11-23)27-20(25)15-9-16(21)17(22)10-18(15)26-2/h3-6,9-10,12H,7-8,11,22H2,1-2H3. The Balaban J connectivity index is 1.70. The van der Waals surface area contributed by atoms with Gasteiger partial charge in [-0.1, -0.05) is 35.9 Å². The number of amides is 1. The number of esters is 1. The number of hydrogen-bond acceptors (Lipinski definition) is 5. The minimum Gasteiger partial charge on any atom is -0.496 e. The molecule has 0 aliphatic carbocycles. The smallest absolute Gasteiger partial charge is 0.342 e. The summed E-state index contributed by atoms with van der Waals surface area (Å²) >= 11 is 5.99. The summed E-state index contributed by atoms with van der Waals surface area (Å²) in [6.07, 6.45) is -0.145. The number of carbonyl (C=O) groups excluding carboxylic acids is 2. The van der Waals surface area contributed by atoms with Gasteiger partial charge in [0.1, 0.15) is 11.3 Å². The molecule has 1 amide bonds. The SMILES string of the molecule is COc1cc(N)c(Cl)cc1C(=O)OC(C)C(=O)N1CCc2ccccc2C1. The van der Waals surface area contributed by atoms with Crippen LogP contribution in [0, 0.1) is 0 Å². The second-order valence-electron chi connectivity index (χ2n) is 6.40. The molecule has 142 valence electrons. The number of rotatable bonds is 4. The van der Waals surface area contributed by atoms with Crippen molar-refractivity contribution in [2.75, 3.05) is 19.4 Å². The van der Waals surface area contributed by atoms with Gasteiger partial charge in [0.15, 0.2) is 6.10 Å². The van der Waals surface area contributed by atoms with Crippen LogP contribution in [0.4, 0.5) is 5.69 Å². The molecular weight excluding hydrogens is 368 g/mol. The fourth-order valence-electron chi connectivity index (χ4n) is 3.11. The molecule has 7 heteroatoms. The molecule has 0 aromatic heterocycles. The van der Waals surface area contributed by atoms with Gasteiger partial charge in [0.05, 0.1) is 17.8 Å². The molecule has 1 aliphatic rings. The van der Waals surface area contributed by atoms with Gasteiger partial charge in [-0.3, -0.25) is 4.79 Å². The van der Waals surface area contributed by atoms with Crippen molar-refractivity contribution in [2.45, 2.75) is 26.0 Å². The van der Waals surface area contributed by atoms with Crippen LogP contribution in [0.25, 0.3) is 0 Å². The summed E-state index contributed by atoms with van der Waals surface area (Å²) in [4.78, 5) is 26.9. The average molecular weight is 389 g/mol. The van der Waals surface area contributed by atoms with Gasteiger partial charge in [-0.15, -0.1) is 0 Å². The van der Waals surface area contributed by atoms with E-state index < -0.39 is 12.1 Å². The second-order valence-corrected chi connectivity index (χ2v) is 6.81. The number of nitrogens with two attached hydrogens (primary N) is 1. The van der Waals surface area contributed by atoms with Gasteiger partial charge in [0.2, 0.25) is 0 Å². The van der Waals surface area contributed by atoms with Crippen molar-refractivity contribution < 1.29 is 19.1 Å². The molecule has 1 aliphatic heterocycles. The van der Waals surface area contributed by atoms with E-state index in [1.54, 1.807) is 11.8 Å². The van der Waals surface area contributed by atoms with Gasteiger partial charge in [-0.05, 0) is 30.5 Å². The van der Waals surface area contributed by atoms with Gasteiger partial charge >= 0.3 is 5.97 Å². The van der Waals surface area contributed by atoms with E-state index >= 15 is 0 Å². The molecule has 2 N–H and O–H groups in total. The van der Waals surface area contributed by atoms with E-state index in [2.05, 4.69) is 6.07 Å². The lowest BCUT2D eigenvalue weighted by Gasteiger charge is -2.30. The lowest BCUT2D eigenvalue weighted by molar-refractivity contribution is -0.140. The molecule has 0 bridgehead atoms. The van der Waals surface area contributed by atoms with Crippen LogP contribution in [0.5, 0.6) is 5.75 Å². The number of nitrogen functional groups attached to an aromatic ring is 1. The normalized spacial score (nSPS) is 14.3. The van der Waals surface area contributed by atoms with Crippen LogP contribution >= 0.6 is 11.6 Å². The van der Waals surface area contributed by atoms with E-state index in [0.717, 1.165) is 12.0 Å². The van der Waals surface area contributed by atoms with E-state index in [1.165, 1.54) is 24.8 Å². The minimum atomic E-state index is -0.927. The maximum absolute atomic E-state index is 12.7. The monoisotopic (exact) mass is 388 g/mol. The average Bonchev–Trinajstić information content (AvgIpc) is 2.68. The molecular formula is C20H21ClN2O4. The highest BCUT2D eigenvalue weighted by Gasteiger charge is 2.28. The van der Waals surface area contributed by atoms with Crippen molar-refractivity contribution in [3.05, 3.63) is 58.1 Å². The third-order valence-electron chi connectivity index (χ3n) is 4.61. The first-order valence-electron chi connectivity index (χ1n) is 8.60. The maximum atomic E-state index is 12.7. The van der Waals surface area contributed by atoms with Gasteiger partial charge in [-0.25, -0.2) is 4.79 Å². The number of fused-ring (bicyclic) bond motifs is 1. The zero-order valence-electron chi connectivity index (χ0n) is 15.2. The van der Waals surface area contributed by atoms with Crippen molar-refractivity contribution >= 4 is 29.2 Å². The van der Waals surface area contributed by atoms with E-state index in [9.17, 15) is 9.59 Å². The van der Waals surface area contributed by atoms with E-state index in [0.29, 0.717) is 18.8 Å². The fraction of sp³-hybridized carbons (Fsp3) is 0.300. The highest BCUT2D eigenvalue weighted by atomic mass is 35.5. The fourth-order valence-corrected chi connectivity index (χ4v) is 3.28. The summed E-state index contributed by atoms with van der Waals surface area (Å²) in [5, 5.41) is 0.217. The number of nitrogens with zero attached hydrogens (tertiary/aromatic N) is 1. The topological polar surface area (TPSA) is 81.9 Å². The summed E-state index contributed by atoms with van der Waals surface area (Å²) < 4.78 is 10.5. The third-order valence-corrected chi connectivity index (χ3v) is 4.94. The van der Waals surface area contributed by atoms with E-state index in [1.807, 2.05) is 18.2 Å². The lowest BCUT2D eigenvalue weighted by Crippen LogP contribution is -2.42. The molecule has 0 fully saturated rings. The minimum absolute atomic E-state index is 0.125. The lowest BCUT2D eigenvalue weighted by atomic mass is 9.99. The Kier molecular flexibility index (Phi) is 5.56. The largest absolute Gasteiger partial charge is 0.496 e. The first kappa shape index (κ1) is 19.0. The number of anilines is 1. The molecule has 1 heterocycles. The summed E-state index contributed by atoms with van der Waals surface area (Å²) in [7, 11) is 1.42. The van der Waals surface area contributed by atoms with Crippen LogP contribution in [0.2, 0.25) is 5.02 Å². The number of carbonyl (C=O) groups is 2. The quantitative estimate of drug-likeness (QED) is 0.643. The Morgan fingerprint density at radius 1 is 1.22 bits per heavy atom. The molecule has 2 aromatic carbocycles. The molecule has 0 saturated carbocycles. The molecule has 0 spiro atoms. The van der Waals surface area contributed by atoms with Crippen LogP contribution in [0.1, 0.15) is 28.4 Å². The van der Waals surface area contributed by atoms with Gasteiger partial charge in [0, 0.05) is 19.2 Å². The van der Waals surface area contributed by atoms with E-state index in [-0.39, 0.29) is 22.2 Å². The summed E-state index contributed by atoms with van der Waals surface area (Å²) in [5.41, 5.74) is 8.50. The van der Waals surface area contributed by atoms with Gasteiger partial charge < -0.3 is 20.1 Å². The maximum Gasteiger partial charge on any atom is 0.342 e. The van der Waals surface area contributed by atoms with Crippen molar-refractivity contribution in [1.82, 2.24) is 4.90 Å². The number of ether oxygens (including phenoxy) is 2. The number of benzene rings is 2. The van der Waals surface area contributed by atoms with Crippen LogP contribution in [0.3, 0.4) is 0 Å². The zero-order chi connectivity index (χ0) is 19.6. The molecule has 6 nitrogen and oxygen atoms in total. The Hall–Kier alpha value is -2.73. The van der Waals surface area contributed by atoms with Crippen molar-refractivity contribution in [3.8, 4) is 5.75 Å².